The van der Waals surface area contributed by atoms with Gasteiger partial charge in [-0.3, -0.25) is 14.6 Å². The van der Waals surface area contributed by atoms with E-state index in [0.29, 0.717) is 35.1 Å². The summed E-state index contributed by atoms with van der Waals surface area (Å²) in [6.45, 7) is 10.7. The maximum atomic E-state index is 15.6. The van der Waals surface area contributed by atoms with Crippen LogP contribution in [0.2, 0.25) is 0 Å². The molecule has 1 aliphatic carbocycles. The van der Waals surface area contributed by atoms with Gasteiger partial charge in [-0.05, 0) is 65.6 Å². The molecule has 2 aromatic carbocycles. The van der Waals surface area contributed by atoms with Gasteiger partial charge in [0.25, 0.3) is 5.91 Å². The minimum absolute atomic E-state index is 0.0411. The fourth-order valence-electron chi connectivity index (χ4n) is 6.20. The summed E-state index contributed by atoms with van der Waals surface area (Å²) in [4.78, 5) is 43.4. The third kappa shape index (κ3) is 9.03. The predicted octanol–water partition coefficient (Wildman–Crippen LogP) is 8.63. The van der Waals surface area contributed by atoms with Crippen molar-refractivity contribution in [3.05, 3.63) is 107 Å². The van der Waals surface area contributed by atoms with E-state index in [-0.39, 0.29) is 17.3 Å². The first kappa shape index (κ1) is 38.9. The smallest absolute Gasteiger partial charge is 0.435 e. The van der Waals surface area contributed by atoms with Crippen LogP contribution in [0.1, 0.15) is 106 Å². The van der Waals surface area contributed by atoms with E-state index in [9.17, 15) is 32.7 Å². The topological polar surface area (TPSA) is 138 Å². The summed E-state index contributed by atoms with van der Waals surface area (Å²) in [6.07, 6.45) is 0.267. The molecule has 282 valence electrons. The summed E-state index contributed by atoms with van der Waals surface area (Å²) in [5.74, 6) is -1.76. The van der Waals surface area contributed by atoms with Gasteiger partial charge < -0.3 is 21.1 Å². The van der Waals surface area contributed by atoms with Crippen LogP contribution < -0.4 is 16.0 Å². The van der Waals surface area contributed by atoms with Crippen LogP contribution >= 0.6 is 0 Å². The minimum Gasteiger partial charge on any atom is -0.465 e. The lowest BCUT2D eigenvalue weighted by molar-refractivity contribution is -0.141. The highest BCUT2D eigenvalue weighted by molar-refractivity contribution is 6.03. The van der Waals surface area contributed by atoms with Gasteiger partial charge in [-0.15, -0.1) is 0 Å². The lowest BCUT2D eigenvalue weighted by atomic mass is 9.77. The number of alkyl halides is 3. The summed E-state index contributed by atoms with van der Waals surface area (Å²) in [5, 5.41) is 21.3. The molecule has 0 bridgehead atoms. The summed E-state index contributed by atoms with van der Waals surface area (Å²) in [6, 6.07) is 13.4. The van der Waals surface area contributed by atoms with E-state index >= 15 is 4.39 Å². The van der Waals surface area contributed by atoms with Gasteiger partial charge in [0.1, 0.15) is 11.5 Å². The number of halogens is 4. The van der Waals surface area contributed by atoms with E-state index in [4.69, 9.17) is 0 Å². The first-order valence-electron chi connectivity index (χ1n) is 17.3. The Morgan fingerprint density at radius 1 is 0.943 bits per heavy atom. The minimum atomic E-state index is -4.93. The SMILES string of the molecule is CC(C)(C)C(=O)NC(CCC1CC1)(c1cccnc1)c1ccc(F)c(NC(=O)c2cc(C(F)(F)F)nn2-c2cccc(C(NC(=O)O)C(C)(C)C)c2)c1. The standard InChI is InChI=1S/C39H44F4N6O4/c1-36(2,3)32(46-35(52)53)24-9-7-11-27(19-24)49-30(21-31(48-49)39(41,42)43)33(50)45-29-20-25(14-15-28(29)40)38(17-16-23-12-13-23,26-10-8-18-44-22-26)47-34(51)37(4,5)6/h7-11,14-15,18-23,32,46H,12-13,16-17H2,1-6H3,(H,45,50)(H,47,51)(H,52,53). The predicted molar refractivity (Wildman–Crippen MR) is 191 cm³/mol. The molecular formula is C39H44F4N6O4. The number of hydrogen-bond acceptors (Lipinski definition) is 5. The molecule has 0 saturated heterocycles. The first-order valence-corrected chi connectivity index (χ1v) is 17.3. The van der Waals surface area contributed by atoms with Gasteiger partial charge in [-0.1, -0.05) is 78.6 Å². The number of hydrogen-bond donors (Lipinski definition) is 4. The maximum absolute atomic E-state index is 15.6. The third-order valence-electron chi connectivity index (χ3n) is 9.31. The molecule has 2 unspecified atom stereocenters. The van der Waals surface area contributed by atoms with Crippen molar-refractivity contribution in [3.63, 3.8) is 0 Å². The Morgan fingerprint density at radius 2 is 1.66 bits per heavy atom. The second-order valence-corrected chi connectivity index (χ2v) is 15.6. The van der Waals surface area contributed by atoms with Gasteiger partial charge in [-0.25, -0.2) is 13.9 Å². The molecule has 4 aromatic rings. The van der Waals surface area contributed by atoms with Crippen LogP contribution in [-0.4, -0.2) is 37.8 Å². The second kappa shape index (κ2) is 14.6. The maximum Gasteiger partial charge on any atom is 0.435 e. The van der Waals surface area contributed by atoms with Crippen molar-refractivity contribution in [1.82, 2.24) is 25.4 Å². The Labute approximate surface area is 305 Å². The molecule has 0 spiro atoms. The van der Waals surface area contributed by atoms with E-state index in [1.165, 1.54) is 30.3 Å². The monoisotopic (exact) mass is 736 g/mol. The Balaban J connectivity index is 1.59. The Morgan fingerprint density at radius 3 is 2.25 bits per heavy atom. The van der Waals surface area contributed by atoms with Crippen molar-refractivity contribution in [2.75, 3.05) is 5.32 Å². The summed E-state index contributed by atoms with van der Waals surface area (Å²) in [7, 11) is 0. The molecule has 14 heteroatoms. The highest BCUT2D eigenvalue weighted by Crippen LogP contribution is 2.43. The van der Waals surface area contributed by atoms with Crippen molar-refractivity contribution >= 4 is 23.6 Å². The lowest BCUT2D eigenvalue weighted by Crippen LogP contribution is -2.50. The largest absolute Gasteiger partial charge is 0.465 e. The lowest BCUT2D eigenvalue weighted by Gasteiger charge is -2.38. The molecule has 2 aromatic heterocycles. The van der Waals surface area contributed by atoms with Crippen molar-refractivity contribution in [1.29, 1.82) is 0 Å². The normalized spacial score (nSPS) is 15.3. The molecule has 0 radical (unpaired) electrons. The van der Waals surface area contributed by atoms with Crippen LogP contribution in [0.5, 0.6) is 0 Å². The van der Waals surface area contributed by atoms with Crippen molar-refractivity contribution in [3.8, 4) is 5.69 Å². The Hall–Kier alpha value is -5.27. The number of carbonyl (C=O) groups is 3. The number of benzene rings is 2. The summed E-state index contributed by atoms with van der Waals surface area (Å²) >= 11 is 0. The number of nitrogens with zero attached hydrogens (tertiary/aromatic N) is 3. The van der Waals surface area contributed by atoms with Gasteiger partial charge in [-0.2, -0.15) is 18.3 Å². The molecule has 1 aliphatic rings. The van der Waals surface area contributed by atoms with E-state index in [0.717, 1.165) is 30.0 Å². The molecule has 2 atom stereocenters. The summed E-state index contributed by atoms with van der Waals surface area (Å²) < 4.78 is 58.5. The zero-order valence-corrected chi connectivity index (χ0v) is 30.4. The zero-order valence-electron chi connectivity index (χ0n) is 30.4. The fraction of sp³-hybridized carbons (Fsp3) is 0.410. The van der Waals surface area contributed by atoms with E-state index < -0.39 is 57.8 Å². The highest BCUT2D eigenvalue weighted by atomic mass is 19.4. The number of nitrogens with one attached hydrogen (secondary N) is 3. The molecule has 3 amide bonds. The molecule has 1 saturated carbocycles. The average Bonchev–Trinajstić information content (AvgIpc) is 3.79. The van der Waals surface area contributed by atoms with Crippen LogP contribution in [0.4, 0.5) is 28.0 Å². The van der Waals surface area contributed by atoms with Crippen LogP contribution in [0.15, 0.2) is 73.1 Å². The van der Waals surface area contributed by atoms with Crippen LogP contribution in [0.25, 0.3) is 5.69 Å². The van der Waals surface area contributed by atoms with Crippen LogP contribution in [-0.2, 0) is 16.5 Å². The van der Waals surface area contributed by atoms with Gasteiger partial charge in [0.05, 0.1) is 23.0 Å². The second-order valence-electron chi connectivity index (χ2n) is 15.6. The molecule has 10 nitrogen and oxygen atoms in total. The highest BCUT2D eigenvalue weighted by Gasteiger charge is 2.41. The van der Waals surface area contributed by atoms with Gasteiger partial charge in [0.2, 0.25) is 5.91 Å². The van der Waals surface area contributed by atoms with Crippen LogP contribution in [0.3, 0.4) is 0 Å². The van der Waals surface area contributed by atoms with Crippen molar-refractivity contribution in [2.24, 2.45) is 16.7 Å². The molecule has 4 N–H and O–H groups in total. The van der Waals surface area contributed by atoms with Crippen LogP contribution in [0, 0.1) is 22.6 Å². The molecule has 5 rings (SSSR count). The summed E-state index contributed by atoms with van der Waals surface area (Å²) in [5.41, 5.74) is -3.33. The first-order chi connectivity index (χ1) is 24.7. The molecule has 0 aliphatic heterocycles. The molecular weight excluding hydrogens is 692 g/mol. The van der Waals surface area contributed by atoms with Gasteiger partial charge in [0.15, 0.2) is 5.69 Å². The zero-order chi connectivity index (χ0) is 38.9. The van der Waals surface area contributed by atoms with E-state index in [1.54, 1.807) is 66.1 Å². The Kier molecular flexibility index (Phi) is 10.8. The number of carbonyl (C=O) groups excluding carboxylic acids is 2. The number of carboxylic acid groups (broad SMARTS) is 1. The number of aromatic nitrogens is 3. The molecule has 2 heterocycles. The van der Waals surface area contributed by atoms with Gasteiger partial charge >= 0.3 is 12.3 Å². The molecule has 53 heavy (non-hydrogen) atoms. The number of amides is 3. The third-order valence-corrected chi connectivity index (χ3v) is 9.31. The Bertz CT molecular complexity index is 1980. The number of anilines is 1. The number of rotatable bonds is 11. The number of pyridine rings is 1. The van der Waals surface area contributed by atoms with Gasteiger partial charge in [0, 0.05) is 29.4 Å². The molecule has 1 fully saturated rings. The quantitative estimate of drug-likeness (QED) is 0.114. The van der Waals surface area contributed by atoms with E-state index in [2.05, 4.69) is 26.0 Å². The van der Waals surface area contributed by atoms with Crippen molar-refractivity contribution < 1.29 is 37.1 Å². The van der Waals surface area contributed by atoms with Crippen molar-refractivity contribution in [2.45, 2.75) is 85.0 Å². The van der Waals surface area contributed by atoms with E-state index in [1.807, 2.05) is 6.07 Å². The average molecular weight is 737 g/mol. The fourth-order valence-corrected chi connectivity index (χ4v) is 6.20.